The van der Waals surface area contributed by atoms with E-state index in [4.69, 9.17) is 11.6 Å². The van der Waals surface area contributed by atoms with Crippen molar-refractivity contribution >= 4 is 28.5 Å². The number of carbonyl (C=O) groups is 1. The molecule has 9 heteroatoms. The summed E-state index contributed by atoms with van der Waals surface area (Å²) >= 11 is 6.05. The topological polar surface area (TPSA) is 123 Å². The number of halogens is 1. The molecular formula is C28H24ClN5O3. The molecule has 5 rings (SSSR count). The molecule has 0 spiro atoms. The smallest absolute Gasteiger partial charge is 0.315 e. The number of fused-ring (bicyclic) bond motifs is 1. The summed E-state index contributed by atoms with van der Waals surface area (Å²) in [5.41, 5.74) is 3.58. The molecule has 37 heavy (non-hydrogen) atoms. The van der Waals surface area contributed by atoms with Crippen LogP contribution in [0.5, 0.6) is 5.75 Å². The zero-order chi connectivity index (χ0) is 25.8. The van der Waals surface area contributed by atoms with Crippen LogP contribution in [0.25, 0.3) is 22.2 Å². The van der Waals surface area contributed by atoms with Gasteiger partial charge in [-0.2, -0.15) is 0 Å². The number of aromatic nitrogens is 3. The summed E-state index contributed by atoms with van der Waals surface area (Å²) in [4.78, 5) is 35.0. The van der Waals surface area contributed by atoms with Crippen molar-refractivity contribution in [2.24, 2.45) is 0 Å². The van der Waals surface area contributed by atoms with Crippen molar-refractivity contribution in [1.82, 2.24) is 25.6 Å². The number of H-pyrrole nitrogens is 2. The number of pyridine rings is 1. The molecule has 0 radical (unpaired) electrons. The van der Waals surface area contributed by atoms with Crippen molar-refractivity contribution < 1.29 is 9.90 Å². The van der Waals surface area contributed by atoms with Gasteiger partial charge in [0, 0.05) is 28.6 Å². The predicted molar refractivity (Wildman–Crippen MR) is 144 cm³/mol. The maximum Gasteiger partial charge on any atom is 0.315 e. The first-order chi connectivity index (χ1) is 17.9. The van der Waals surface area contributed by atoms with Gasteiger partial charge in [-0.15, -0.1) is 0 Å². The molecule has 0 unspecified atom stereocenters. The Hall–Kier alpha value is -4.56. The van der Waals surface area contributed by atoms with E-state index >= 15 is 0 Å². The van der Waals surface area contributed by atoms with E-state index in [1.807, 2.05) is 48.5 Å². The summed E-state index contributed by atoms with van der Waals surface area (Å²) < 4.78 is 0. The minimum atomic E-state index is -0.430. The molecule has 0 saturated heterocycles. The Morgan fingerprint density at radius 2 is 1.78 bits per heavy atom. The number of urea groups is 1. The largest absolute Gasteiger partial charge is 0.507 e. The maximum absolute atomic E-state index is 12.8. The average molecular weight is 514 g/mol. The van der Waals surface area contributed by atoms with Crippen LogP contribution in [0.1, 0.15) is 23.0 Å². The SMILES string of the molecule is O=C(NCc1cccc(Cl)c1)N[C@@H](Cc1ccccc1)c1ncc(-c2ccc3[nH]c(=O)cc(O)c3c2)[nH]1. The second kappa shape index (κ2) is 10.6. The van der Waals surface area contributed by atoms with Gasteiger partial charge in [0.15, 0.2) is 0 Å². The van der Waals surface area contributed by atoms with E-state index in [9.17, 15) is 14.7 Å². The van der Waals surface area contributed by atoms with Crippen LogP contribution < -0.4 is 16.2 Å². The van der Waals surface area contributed by atoms with Crippen molar-refractivity contribution in [3.05, 3.63) is 117 Å². The highest BCUT2D eigenvalue weighted by Crippen LogP contribution is 2.28. The molecule has 186 valence electrons. The Labute approximate surface area is 217 Å². The zero-order valence-corrected chi connectivity index (χ0v) is 20.4. The van der Waals surface area contributed by atoms with Gasteiger partial charge in [0.25, 0.3) is 5.56 Å². The number of carbonyl (C=O) groups excluding carboxylic acids is 1. The van der Waals surface area contributed by atoms with E-state index in [1.54, 1.807) is 30.5 Å². The average Bonchev–Trinajstić information content (AvgIpc) is 3.38. The van der Waals surface area contributed by atoms with Crippen LogP contribution in [-0.2, 0) is 13.0 Å². The third kappa shape index (κ3) is 5.82. The van der Waals surface area contributed by atoms with Crippen LogP contribution in [-0.4, -0.2) is 26.1 Å². The summed E-state index contributed by atoms with van der Waals surface area (Å²) in [6.45, 7) is 0.330. The van der Waals surface area contributed by atoms with Gasteiger partial charge in [-0.3, -0.25) is 4.79 Å². The summed E-state index contributed by atoms with van der Waals surface area (Å²) in [7, 11) is 0. The molecule has 1 atom stereocenters. The Morgan fingerprint density at radius 1 is 0.973 bits per heavy atom. The number of imidazole rings is 1. The van der Waals surface area contributed by atoms with Gasteiger partial charge in [0.2, 0.25) is 0 Å². The zero-order valence-electron chi connectivity index (χ0n) is 19.7. The predicted octanol–water partition coefficient (Wildman–Crippen LogP) is 5.06. The lowest BCUT2D eigenvalue weighted by Gasteiger charge is -2.18. The van der Waals surface area contributed by atoms with Crippen molar-refractivity contribution in [3.63, 3.8) is 0 Å². The van der Waals surface area contributed by atoms with E-state index in [-0.39, 0.29) is 17.3 Å². The molecule has 0 fully saturated rings. The van der Waals surface area contributed by atoms with E-state index in [2.05, 4.69) is 25.6 Å². The van der Waals surface area contributed by atoms with Gasteiger partial charge in [0.05, 0.1) is 23.4 Å². The van der Waals surface area contributed by atoms with Gasteiger partial charge in [0.1, 0.15) is 11.6 Å². The summed E-state index contributed by atoms with van der Waals surface area (Å²) in [5.74, 6) is 0.489. The van der Waals surface area contributed by atoms with E-state index in [0.29, 0.717) is 40.4 Å². The Balaban J connectivity index is 1.38. The normalized spacial score (nSPS) is 11.8. The first-order valence-corrected chi connectivity index (χ1v) is 12.1. The lowest BCUT2D eigenvalue weighted by atomic mass is 10.1. The Morgan fingerprint density at radius 3 is 2.59 bits per heavy atom. The number of aromatic hydroxyl groups is 1. The molecule has 0 aliphatic heterocycles. The number of nitrogens with zero attached hydrogens (tertiary/aromatic N) is 1. The minimum Gasteiger partial charge on any atom is -0.507 e. The molecule has 0 saturated carbocycles. The molecule has 5 aromatic rings. The molecule has 0 aliphatic rings. The van der Waals surface area contributed by atoms with Crippen LogP contribution >= 0.6 is 11.6 Å². The van der Waals surface area contributed by atoms with Crippen molar-refractivity contribution in [2.75, 3.05) is 0 Å². The molecule has 2 heterocycles. The molecule has 8 nitrogen and oxygen atoms in total. The second-order valence-electron chi connectivity index (χ2n) is 8.66. The third-order valence-corrected chi connectivity index (χ3v) is 6.22. The van der Waals surface area contributed by atoms with Crippen molar-refractivity contribution in [2.45, 2.75) is 19.0 Å². The van der Waals surface area contributed by atoms with Crippen molar-refractivity contribution in [3.8, 4) is 17.0 Å². The molecule has 2 amide bonds. The number of amides is 2. The third-order valence-electron chi connectivity index (χ3n) is 5.99. The standard InChI is InChI=1S/C28H24ClN5O3/c29-20-8-4-7-18(11-20)15-31-28(37)34-23(12-17-5-2-1-3-6-17)27-30-16-24(33-27)19-9-10-22-21(13-19)25(35)14-26(36)32-22/h1-11,13-14,16,23H,12,15H2,(H,30,33)(H2,31,34,37)(H2,32,35,36)/t23-/m0/s1. The minimum absolute atomic E-state index is 0.0969. The van der Waals surface area contributed by atoms with Crippen LogP contribution in [0, 0.1) is 0 Å². The molecule has 0 bridgehead atoms. The summed E-state index contributed by atoms with van der Waals surface area (Å²) in [6.07, 6.45) is 2.21. The molecule has 2 aromatic heterocycles. The van der Waals surface area contributed by atoms with Crippen LogP contribution in [0.15, 0.2) is 89.9 Å². The Bertz CT molecular complexity index is 1610. The fourth-order valence-electron chi connectivity index (χ4n) is 4.17. The highest BCUT2D eigenvalue weighted by molar-refractivity contribution is 6.30. The second-order valence-corrected chi connectivity index (χ2v) is 9.10. The number of nitrogens with one attached hydrogen (secondary N) is 4. The van der Waals surface area contributed by atoms with Gasteiger partial charge in [-0.1, -0.05) is 60.1 Å². The van der Waals surface area contributed by atoms with Crippen LogP contribution in [0.4, 0.5) is 4.79 Å². The van der Waals surface area contributed by atoms with Gasteiger partial charge >= 0.3 is 6.03 Å². The summed E-state index contributed by atoms with van der Waals surface area (Å²) in [6, 6.07) is 22.9. The molecule has 5 N–H and O–H groups in total. The van der Waals surface area contributed by atoms with E-state index in [1.165, 1.54) is 0 Å². The van der Waals surface area contributed by atoms with Crippen LogP contribution in [0.2, 0.25) is 5.02 Å². The highest BCUT2D eigenvalue weighted by atomic mass is 35.5. The fraction of sp³-hybridized carbons (Fsp3) is 0.107. The first-order valence-electron chi connectivity index (χ1n) is 11.7. The highest BCUT2D eigenvalue weighted by Gasteiger charge is 2.19. The van der Waals surface area contributed by atoms with Crippen molar-refractivity contribution in [1.29, 1.82) is 0 Å². The number of hydrogen-bond donors (Lipinski definition) is 5. The number of rotatable bonds is 7. The number of aromatic amines is 2. The van der Waals surface area contributed by atoms with Gasteiger partial charge in [-0.25, -0.2) is 9.78 Å². The van der Waals surface area contributed by atoms with E-state index in [0.717, 1.165) is 22.8 Å². The lowest BCUT2D eigenvalue weighted by Crippen LogP contribution is -2.38. The number of benzene rings is 3. The molecule has 3 aromatic carbocycles. The first kappa shape index (κ1) is 24.1. The monoisotopic (exact) mass is 513 g/mol. The van der Waals surface area contributed by atoms with E-state index < -0.39 is 6.04 Å². The molecular weight excluding hydrogens is 490 g/mol. The number of hydrogen-bond acceptors (Lipinski definition) is 4. The fourth-order valence-corrected chi connectivity index (χ4v) is 4.38. The van der Waals surface area contributed by atoms with Crippen LogP contribution in [0.3, 0.4) is 0 Å². The molecule has 0 aliphatic carbocycles. The Kier molecular flexibility index (Phi) is 6.91. The van der Waals surface area contributed by atoms with Gasteiger partial charge < -0.3 is 25.7 Å². The summed E-state index contributed by atoms with van der Waals surface area (Å²) in [5, 5.41) is 17.2. The quantitative estimate of drug-likeness (QED) is 0.209. The maximum atomic E-state index is 12.8. The van der Waals surface area contributed by atoms with Gasteiger partial charge in [-0.05, 0) is 41.8 Å². The lowest BCUT2D eigenvalue weighted by molar-refractivity contribution is 0.236.